The van der Waals surface area contributed by atoms with Gasteiger partial charge in [0.1, 0.15) is 18.0 Å². The van der Waals surface area contributed by atoms with Crippen LogP contribution in [-0.2, 0) is 27.0 Å². The largest absolute Gasteiger partial charge is 0.416 e. The maximum absolute atomic E-state index is 13.2. The van der Waals surface area contributed by atoms with Crippen molar-refractivity contribution in [2.24, 2.45) is 17.3 Å². The second-order valence-electron chi connectivity index (χ2n) is 10.2. The predicted octanol–water partition coefficient (Wildman–Crippen LogP) is 2.95. The van der Waals surface area contributed by atoms with Gasteiger partial charge in [-0.2, -0.15) is 13.2 Å². The molecule has 0 bridgehead atoms. The third-order valence-corrected chi connectivity index (χ3v) is 5.51. The number of carbonyl (C=O) groups excluding carboxylic acids is 3. The molecule has 3 amide bonds. The van der Waals surface area contributed by atoms with Gasteiger partial charge >= 0.3 is 6.18 Å². The van der Waals surface area contributed by atoms with Crippen molar-refractivity contribution in [1.29, 1.82) is 0 Å². The number of amides is 3. The Bertz CT molecular complexity index is 927. The second kappa shape index (κ2) is 12.7. The molecule has 0 fully saturated rings. The highest BCUT2D eigenvalue weighted by atomic mass is 19.4. The summed E-state index contributed by atoms with van der Waals surface area (Å²) in [5.41, 5.74) is -1.28. The molecule has 0 aromatic heterocycles. The van der Waals surface area contributed by atoms with Crippen LogP contribution in [0.4, 0.5) is 13.2 Å². The topological polar surface area (TPSA) is 130 Å². The Kier molecular flexibility index (Phi) is 10.9. The molecule has 0 saturated carbocycles. The molecule has 36 heavy (non-hydrogen) atoms. The standard InChI is InChI=1S/C24H35F3N4O5/c1-14(2)11-16(13-31(35)36)20(32)30-19(23(3,4)5)22(34)29-18(21(33)28-6)12-15-7-9-17(10-8-15)24(25,26)27/h7-10,14,16,18-19H,11-13H2,1-6H3,(H,28,33)(H,29,34)(H,30,32)/t16-,18+,19-/m1/s1. The van der Waals surface area contributed by atoms with Crippen LogP contribution < -0.4 is 16.0 Å². The number of carbonyl (C=O) groups is 3. The molecule has 1 aromatic rings. The summed E-state index contributed by atoms with van der Waals surface area (Å²) in [7, 11) is 1.35. The van der Waals surface area contributed by atoms with Gasteiger partial charge in [-0.3, -0.25) is 24.5 Å². The Hall–Kier alpha value is -3.18. The molecule has 1 rings (SSSR count). The molecule has 1 aromatic carbocycles. The van der Waals surface area contributed by atoms with E-state index in [1.165, 1.54) is 19.2 Å². The van der Waals surface area contributed by atoms with Gasteiger partial charge in [-0.25, -0.2) is 0 Å². The Balaban J connectivity index is 3.12. The van der Waals surface area contributed by atoms with Gasteiger partial charge in [0.15, 0.2) is 0 Å². The SMILES string of the molecule is CNC(=O)[C@H](Cc1ccc(C(F)(F)F)cc1)NC(=O)[C@@H](NC(=O)[C@H](CC(C)C)C[N+](=O)[O-])C(C)(C)C. The lowest BCUT2D eigenvalue weighted by molar-refractivity contribution is -0.486. The number of halogens is 3. The summed E-state index contributed by atoms with van der Waals surface area (Å²) in [5, 5.41) is 18.6. The van der Waals surface area contributed by atoms with Crippen LogP contribution in [0, 0.1) is 27.4 Å². The second-order valence-corrected chi connectivity index (χ2v) is 10.2. The molecular weight excluding hydrogens is 481 g/mol. The molecule has 0 spiro atoms. The Morgan fingerprint density at radius 2 is 1.53 bits per heavy atom. The normalized spacial score (nSPS) is 14.5. The van der Waals surface area contributed by atoms with Crippen molar-refractivity contribution in [3.05, 3.63) is 45.5 Å². The summed E-state index contributed by atoms with van der Waals surface area (Å²) in [6.45, 7) is 8.12. The number of hydrogen-bond donors (Lipinski definition) is 3. The molecule has 0 aliphatic rings. The van der Waals surface area contributed by atoms with E-state index in [1.807, 2.05) is 13.8 Å². The minimum atomic E-state index is -4.51. The van der Waals surface area contributed by atoms with Crippen LogP contribution in [0.25, 0.3) is 0 Å². The van der Waals surface area contributed by atoms with E-state index in [9.17, 15) is 37.7 Å². The van der Waals surface area contributed by atoms with Crippen LogP contribution in [-0.4, -0.2) is 48.3 Å². The lowest BCUT2D eigenvalue weighted by atomic mass is 9.85. The fourth-order valence-corrected chi connectivity index (χ4v) is 3.65. The molecule has 3 N–H and O–H groups in total. The van der Waals surface area contributed by atoms with E-state index in [4.69, 9.17) is 0 Å². The zero-order valence-corrected chi connectivity index (χ0v) is 21.4. The maximum Gasteiger partial charge on any atom is 0.416 e. The van der Waals surface area contributed by atoms with Crippen molar-refractivity contribution in [1.82, 2.24) is 16.0 Å². The van der Waals surface area contributed by atoms with Gasteiger partial charge in [0.25, 0.3) is 0 Å². The highest BCUT2D eigenvalue weighted by Crippen LogP contribution is 2.29. The third kappa shape index (κ3) is 9.82. The zero-order chi connectivity index (χ0) is 27.8. The molecule has 0 aliphatic carbocycles. The summed E-state index contributed by atoms with van der Waals surface area (Å²) < 4.78 is 38.5. The summed E-state index contributed by atoms with van der Waals surface area (Å²) in [6, 6.07) is 1.96. The van der Waals surface area contributed by atoms with Crippen LogP contribution >= 0.6 is 0 Å². The third-order valence-electron chi connectivity index (χ3n) is 5.51. The van der Waals surface area contributed by atoms with Crippen molar-refractivity contribution in [2.75, 3.05) is 13.6 Å². The molecule has 0 saturated heterocycles. The molecule has 0 aliphatic heterocycles. The van der Waals surface area contributed by atoms with Crippen molar-refractivity contribution in [2.45, 2.75) is 65.7 Å². The number of nitrogens with one attached hydrogen (secondary N) is 3. The number of rotatable bonds is 11. The Morgan fingerprint density at radius 3 is 1.94 bits per heavy atom. The molecule has 9 nitrogen and oxygen atoms in total. The van der Waals surface area contributed by atoms with Gasteiger partial charge in [-0.15, -0.1) is 0 Å². The fourth-order valence-electron chi connectivity index (χ4n) is 3.65. The van der Waals surface area contributed by atoms with E-state index in [1.54, 1.807) is 20.8 Å². The first-order valence-corrected chi connectivity index (χ1v) is 11.6. The number of likely N-dealkylation sites (N-methyl/N-ethyl adjacent to an activating group) is 1. The first-order chi connectivity index (χ1) is 16.4. The molecular formula is C24H35F3N4O5. The van der Waals surface area contributed by atoms with Crippen LogP contribution in [0.2, 0.25) is 0 Å². The van der Waals surface area contributed by atoms with Gasteiger partial charge in [0, 0.05) is 18.4 Å². The van der Waals surface area contributed by atoms with Gasteiger partial charge < -0.3 is 16.0 Å². The van der Waals surface area contributed by atoms with Crippen LogP contribution in [0.1, 0.15) is 52.2 Å². The smallest absolute Gasteiger partial charge is 0.357 e. The average molecular weight is 517 g/mol. The monoisotopic (exact) mass is 516 g/mol. The molecule has 12 heteroatoms. The number of nitro groups is 1. The fraction of sp³-hybridized carbons (Fsp3) is 0.625. The quantitative estimate of drug-likeness (QED) is 0.308. The van der Waals surface area contributed by atoms with Crippen LogP contribution in [0.3, 0.4) is 0 Å². The van der Waals surface area contributed by atoms with Crippen LogP contribution in [0.5, 0.6) is 0 Å². The van der Waals surface area contributed by atoms with Gasteiger partial charge in [-0.05, 0) is 35.4 Å². The van der Waals surface area contributed by atoms with Crippen molar-refractivity contribution >= 4 is 17.7 Å². The first kappa shape index (κ1) is 30.9. The molecule has 3 atom stereocenters. The zero-order valence-electron chi connectivity index (χ0n) is 21.4. The number of alkyl halides is 3. The molecule has 0 radical (unpaired) electrons. The first-order valence-electron chi connectivity index (χ1n) is 11.6. The van der Waals surface area contributed by atoms with E-state index in [0.29, 0.717) is 5.56 Å². The van der Waals surface area contributed by atoms with E-state index < -0.39 is 64.3 Å². The molecule has 0 unspecified atom stereocenters. The Labute approximate surface area is 208 Å². The predicted molar refractivity (Wildman–Crippen MR) is 127 cm³/mol. The number of benzene rings is 1. The Morgan fingerprint density at radius 1 is 0.972 bits per heavy atom. The minimum Gasteiger partial charge on any atom is -0.357 e. The number of hydrogen-bond acceptors (Lipinski definition) is 5. The van der Waals surface area contributed by atoms with E-state index in [-0.39, 0.29) is 18.8 Å². The lowest BCUT2D eigenvalue weighted by Gasteiger charge is -2.32. The van der Waals surface area contributed by atoms with Crippen molar-refractivity contribution in [3.8, 4) is 0 Å². The van der Waals surface area contributed by atoms with Gasteiger partial charge in [0.05, 0.1) is 5.56 Å². The van der Waals surface area contributed by atoms with E-state index in [2.05, 4.69) is 16.0 Å². The average Bonchev–Trinajstić information content (AvgIpc) is 2.73. The minimum absolute atomic E-state index is 0.00368. The molecule has 0 heterocycles. The highest BCUT2D eigenvalue weighted by Gasteiger charge is 2.37. The summed E-state index contributed by atoms with van der Waals surface area (Å²) in [6.07, 6.45) is -4.35. The summed E-state index contributed by atoms with van der Waals surface area (Å²) >= 11 is 0. The van der Waals surface area contributed by atoms with Gasteiger partial charge in [0.2, 0.25) is 24.3 Å². The molecule has 202 valence electrons. The van der Waals surface area contributed by atoms with Gasteiger partial charge in [-0.1, -0.05) is 46.8 Å². The van der Waals surface area contributed by atoms with E-state index >= 15 is 0 Å². The summed E-state index contributed by atoms with van der Waals surface area (Å²) in [5.74, 6) is -2.85. The van der Waals surface area contributed by atoms with E-state index in [0.717, 1.165) is 12.1 Å². The summed E-state index contributed by atoms with van der Waals surface area (Å²) in [4.78, 5) is 49.0. The van der Waals surface area contributed by atoms with Crippen molar-refractivity contribution < 1.29 is 32.5 Å². The maximum atomic E-state index is 13.2. The number of nitrogens with zero attached hydrogens (tertiary/aromatic N) is 1. The highest BCUT2D eigenvalue weighted by molar-refractivity contribution is 5.93. The van der Waals surface area contributed by atoms with Crippen molar-refractivity contribution in [3.63, 3.8) is 0 Å². The lowest BCUT2D eigenvalue weighted by Crippen LogP contribution is -2.59. The van der Waals surface area contributed by atoms with Crippen LogP contribution in [0.15, 0.2) is 24.3 Å².